The third-order valence-corrected chi connectivity index (χ3v) is 6.10. The van der Waals surface area contributed by atoms with E-state index in [2.05, 4.69) is 0 Å². The molecule has 0 radical (unpaired) electrons. The van der Waals surface area contributed by atoms with E-state index in [0.717, 1.165) is 36.6 Å². The van der Waals surface area contributed by atoms with Crippen molar-refractivity contribution < 1.29 is 14.4 Å². The fourth-order valence-corrected chi connectivity index (χ4v) is 4.63. The Hall–Kier alpha value is -2.44. The number of halogens is 1. The van der Waals surface area contributed by atoms with Crippen molar-refractivity contribution in [2.24, 2.45) is 5.73 Å². The summed E-state index contributed by atoms with van der Waals surface area (Å²) >= 11 is 0. The molecule has 2 heterocycles. The second-order valence-electron chi connectivity index (χ2n) is 8.08. The lowest BCUT2D eigenvalue weighted by molar-refractivity contribution is -0.135. The number of hydrogen-bond donors (Lipinski definition) is 1. The third kappa shape index (κ3) is 3.94. The molecule has 2 atom stereocenters. The van der Waals surface area contributed by atoms with Crippen LogP contribution in [0, 0.1) is 0 Å². The number of nitrogens with two attached hydrogens (primary N) is 1. The van der Waals surface area contributed by atoms with Crippen LogP contribution in [0.1, 0.15) is 59.7 Å². The van der Waals surface area contributed by atoms with E-state index in [1.807, 2.05) is 36.1 Å². The van der Waals surface area contributed by atoms with Crippen molar-refractivity contribution >= 4 is 40.9 Å². The molecule has 7 heteroatoms. The molecule has 2 N–H and O–H groups in total. The van der Waals surface area contributed by atoms with Gasteiger partial charge in [0.2, 0.25) is 5.91 Å². The molecule has 160 valence electrons. The van der Waals surface area contributed by atoms with Gasteiger partial charge in [0.25, 0.3) is 11.8 Å². The van der Waals surface area contributed by atoms with E-state index < -0.39 is 0 Å². The summed E-state index contributed by atoms with van der Waals surface area (Å²) in [7, 11) is 0. The van der Waals surface area contributed by atoms with E-state index in [9.17, 15) is 14.4 Å². The highest BCUT2D eigenvalue weighted by molar-refractivity contribution is 6.25. The molecular weight excluding hydrogens is 402 g/mol. The van der Waals surface area contributed by atoms with Crippen molar-refractivity contribution in [2.75, 3.05) is 13.1 Å². The minimum absolute atomic E-state index is 0. The van der Waals surface area contributed by atoms with Gasteiger partial charge in [0.1, 0.15) is 0 Å². The monoisotopic (exact) mass is 429 g/mol. The van der Waals surface area contributed by atoms with Crippen LogP contribution in [-0.4, -0.2) is 52.7 Å². The maximum Gasteiger partial charge on any atom is 0.261 e. The molecule has 0 aromatic heterocycles. The molecule has 0 bridgehead atoms. The van der Waals surface area contributed by atoms with Crippen LogP contribution in [0.25, 0.3) is 10.8 Å². The molecule has 2 aliphatic rings. The van der Waals surface area contributed by atoms with Gasteiger partial charge >= 0.3 is 0 Å². The number of hydrogen-bond acceptors (Lipinski definition) is 4. The molecule has 0 spiro atoms. The number of carbonyl (C=O) groups excluding carboxylic acids is 3. The van der Waals surface area contributed by atoms with Crippen LogP contribution in [0.3, 0.4) is 0 Å². The number of imide groups is 1. The molecule has 2 aliphatic heterocycles. The highest BCUT2D eigenvalue weighted by Crippen LogP contribution is 2.30. The summed E-state index contributed by atoms with van der Waals surface area (Å²) in [5.74, 6) is -0.497. The van der Waals surface area contributed by atoms with Gasteiger partial charge in [-0.2, -0.15) is 0 Å². The van der Waals surface area contributed by atoms with E-state index >= 15 is 0 Å². The first kappa shape index (κ1) is 22.2. The van der Waals surface area contributed by atoms with Crippen LogP contribution in [0.2, 0.25) is 0 Å². The van der Waals surface area contributed by atoms with Gasteiger partial charge in [0.05, 0.1) is 0 Å². The van der Waals surface area contributed by atoms with Crippen LogP contribution in [0.15, 0.2) is 36.4 Å². The molecule has 1 saturated heterocycles. The average Bonchev–Trinajstić information content (AvgIpc) is 2.74. The third-order valence-electron chi connectivity index (χ3n) is 6.10. The van der Waals surface area contributed by atoms with Gasteiger partial charge in [-0.05, 0) is 50.1 Å². The zero-order chi connectivity index (χ0) is 20.5. The second kappa shape index (κ2) is 9.14. The van der Waals surface area contributed by atoms with Gasteiger partial charge < -0.3 is 10.6 Å². The number of rotatable bonds is 5. The topological polar surface area (TPSA) is 83.7 Å². The Kier molecular flexibility index (Phi) is 6.78. The maximum absolute atomic E-state index is 12.9. The number of piperidine rings is 1. The fraction of sp³-hybridized carbons (Fsp3) is 0.435. The minimum atomic E-state index is -0.279. The number of amides is 3. The largest absolute Gasteiger partial charge is 0.338 e. The predicted molar refractivity (Wildman–Crippen MR) is 119 cm³/mol. The zero-order valence-electron chi connectivity index (χ0n) is 17.2. The lowest BCUT2D eigenvalue weighted by Gasteiger charge is -2.38. The highest BCUT2D eigenvalue weighted by Gasteiger charge is 2.33. The lowest BCUT2D eigenvalue weighted by Crippen LogP contribution is -2.51. The first-order valence-electron chi connectivity index (χ1n) is 10.4. The van der Waals surface area contributed by atoms with E-state index in [1.165, 1.54) is 4.90 Å². The SMILES string of the molecule is CC(N)C1CCCCN1C(=O)CCCN1C(=O)c2cccc3cccc(c23)C1=O.Cl. The molecule has 4 rings (SSSR count). The predicted octanol–water partition coefficient (Wildman–Crippen LogP) is 3.37. The molecule has 30 heavy (non-hydrogen) atoms. The van der Waals surface area contributed by atoms with Crippen molar-refractivity contribution in [3.63, 3.8) is 0 Å². The summed E-state index contributed by atoms with van der Waals surface area (Å²) in [4.78, 5) is 41.8. The van der Waals surface area contributed by atoms with Crippen molar-refractivity contribution in [1.82, 2.24) is 9.80 Å². The first-order valence-corrected chi connectivity index (χ1v) is 10.4. The number of benzene rings is 2. The highest BCUT2D eigenvalue weighted by atomic mass is 35.5. The Morgan fingerprint density at radius 3 is 2.33 bits per heavy atom. The van der Waals surface area contributed by atoms with Crippen molar-refractivity contribution in [2.45, 2.75) is 51.1 Å². The number of likely N-dealkylation sites (tertiary alicyclic amines) is 1. The second-order valence-corrected chi connectivity index (χ2v) is 8.08. The minimum Gasteiger partial charge on any atom is -0.338 e. The van der Waals surface area contributed by atoms with Gasteiger partial charge in [-0.15, -0.1) is 12.4 Å². The Balaban J connectivity index is 0.00000256. The fourth-order valence-electron chi connectivity index (χ4n) is 4.63. The molecule has 2 unspecified atom stereocenters. The first-order chi connectivity index (χ1) is 14.0. The van der Waals surface area contributed by atoms with Crippen LogP contribution >= 0.6 is 12.4 Å². The van der Waals surface area contributed by atoms with E-state index in [0.29, 0.717) is 24.0 Å². The summed E-state index contributed by atoms with van der Waals surface area (Å²) in [6, 6.07) is 11.0. The van der Waals surface area contributed by atoms with Crippen molar-refractivity contribution in [1.29, 1.82) is 0 Å². The van der Waals surface area contributed by atoms with Crippen LogP contribution in [0.5, 0.6) is 0 Å². The van der Waals surface area contributed by atoms with Gasteiger partial charge in [-0.3, -0.25) is 19.3 Å². The average molecular weight is 430 g/mol. The summed E-state index contributed by atoms with van der Waals surface area (Å²) in [5, 5.41) is 1.62. The van der Waals surface area contributed by atoms with Gasteiger partial charge in [-0.25, -0.2) is 0 Å². The summed E-state index contributed by atoms with van der Waals surface area (Å²) in [6.07, 6.45) is 3.80. The van der Waals surface area contributed by atoms with Gasteiger partial charge in [0.15, 0.2) is 0 Å². The molecule has 0 saturated carbocycles. The Morgan fingerprint density at radius 2 is 1.73 bits per heavy atom. The van der Waals surface area contributed by atoms with Crippen LogP contribution in [0.4, 0.5) is 0 Å². The van der Waals surface area contributed by atoms with Gasteiger partial charge in [0, 0.05) is 48.1 Å². The van der Waals surface area contributed by atoms with Crippen LogP contribution in [-0.2, 0) is 4.79 Å². The normalized spacial score (nSPS) is 19.6. The summed E-state index contributed by atoms with van der Waals surface area (Å²) in [6.45, 7) is 2.92. The molecule has 0 aliphatic carbocycles. The smallest absolute Gasteiger partial charge is 0.261 e. The van der Waals surface area contributed by atoms with E-state index in [-0.39, 0.29) is 48.8 Å². The summed E-state index contributed by atoms with van der Waals surface area (Å²) in [5.41, 5.74) is 7.17. The number of carbonyl (C=O) groups is 3. The molecule has 2 aromatic rings. The molecular formula is C23H28ClN3O3. The molecule has 1 fully saturated rings. The van der Waals surface area contributed by atoms with Crippen LogP contribution < -0.4 is 5.73 Å². The van der Waals surface area contributed by atoms with E-state index in [1.54, 1.807) is 12.1 Å². The maximum atomic E-state index is 12.9. The Morgan fingerprint density at radius 1 is 1.10 bits per heavy atom. The van der Waals surface area contributed by atoms with Gasteiger partial charge in [-0.1, -0.05) is 24.3 Å². The quantitative estimate of drug-likeness (QED) is 0.738. The molecule has 2 aromatic carbocycles. The number of nitrogens with zero attached hydrogens (tertiary/aromatic N) is 2. The molecule has 6 nitrogen and oxygen atoms in total. The Bertz CT molecular complexity index is 925. The standard InChI is InChI=1S/C23H27N3O3.ClH/c1-15(24)19-11-2-3-13-25(19)20(27)12-6-14-26-22(28)17-9-4-7-16-8-5-10-18(21(16)17)23(26)29;/h4-5,7-10,15,19H,2-3,6,11-14,24H2,1H3;1H. The zero-order valence-corrected chi connectivity index (χ0v) is 18.0. The van der Waals surface area contributed by atoms with Crippen molar-refractivity contribution in [3.05, 3.63) is 47.5 Å². The van der Waals surface area contributed by atoms with E-state index in [4.69, 9.17) is 5.73 Å². The lowest BCUT2D eigenvalue weighted by atomic mass is 9.94. The van der Waals surface area contributed by atoms with Crippen molar-refractivity contribution in [3.8, 4) is 0 Å². The Labute approximate surface area is 182 Å². The molecule has 3 amide bonds. The summed E-state index contributed by atoms with van der Waals surface area (Å²) < 4.78 is 0.